The van der Waals surface area contributed by atoms with Crippen molar-refractivity contribution in [1.29, 1.82) is 0 Å². The fourth-order valence-electron chi connectivity index (χ4n) is 3.16. The highest BCUT2D eigenvalue weighted by Gasteiger charge is 2.17. The molecular formula is C18H28N2O. The van der Waals surface area contributed by atoms with Crippen LogP contribution >= 0.6 is 0 Å². The van der Waals surface area contributed by atoms with Gasteiger partial charge in [-0.25, -0.2) is 0 Å². The van der Waals surface area contributed by atoms with Crippen LogP contribution in [0.1, 0.15) is 42.4 Å². The fraction of sp³-hybridized carbons (Fsp3) is 0.556. The van der Waals surface area contributed by atoms with Gasteiger partial charge in [0.25, 0.3) is 0 Å². The highest BCUT2D eigenvalue weighted by molar-refractivity contribution is 5.62. The Labute approximate surface area is 128 Å². The molecule has 0 spiro atoms. The third kappa shape index (κ3) is 4.24. The smallest absolute Gasteiger partial charge is 0.0942 e. The van der Waals surface area contributed by atoms with Crippen LogP contribution in [0.4, 0.5) is 5.69 Å². The summed E-state index contributed by atoms with van der Waals surface area (Å²) in [5.74, 6) is 0. The quantitative estimate of drug-likeness (QED) is 0.775. The molecule has 0 saturated carbocycles. The van der Waals surface area contributed by atoms with E-state index in [9.17, 15) is 0 Å². The summed E-state index contributed by atoms with van der Waals surface area (Å²) in [5.41, 5.74) is 5.38. The molecule has 1 aromatic carbocycles. The highest BCUT2D eigenvalue weighted by Crippen LogP contribution is 2.28. The van der Waals surface area contributed by atoms with Crippen LogP contribution in [0.25, 0.3) is 0 Å². The Bertz CT molecular complexity index is 473. The summed E-state index contributed by atoms with van der Waals surface area (Å²) in [5, 5.41) is 8.78. The minimum Gasteiger partial charge on any atom is -0.396 e. The summed E-state index contributed by atoms with van der Waals surface area (Å²) in [7, 11) is 0. The maximum Gasteiger partial charge on any atom is 0.0942 e. The highest BCUT2D eigenvalue weighted by atomic mass is 16.2. The maximum absolute atomic E-state index is 8.78. The maximum atomic E-state index is 8.78. The van der Waals surface area contributed by atoms with Crippen molar-refractivity contribution in [2.75, 3.05) is 24.7 Å². The number of anilines is 1. The van der Waals surface area contributed by atoms with Crippen molar-refractivity contribution < 1.29 is 5.11 Å². The molecule has 0 saturated heterocycles. The molecule has 3 heteroatoms. The SMILES string of the molecule is Cc1cc(C)c(N2C=CN(CCCCCCO)C2)c(C)c1. The number of aliphatic hydroxyl groups excluding tert-OH is 1. The number of hydrogen-bond donors (Lipinski definition) is 1. The molecule has 1 N–H and O–H groups in total. The van der Waals surface area contributed by atoms with Gasteiger partial charge in [0.2, 0.25) is 0 Å². The second-order valence-electron chi connectivity index (χ2n) is 6.11. The molecule has 0 atom stereocenters. The van der Waals surface area contributed by atoms with E-state index in [1.807, 2.05) is 0 Å². The number of benzene rings is 1. The van der Waals surface area contributed by atoms with Crippen molar-refractivity contribution >= 4 is 5.69 Å². The molecule has 0 unspecified atom stereocenters. The van der Waals surface area contributed by atoms with Gasteiger partial charge >= 0.3 is 0 Å². The Kier molecular flexibility index (Phi) is 5.68. The van der Waals surface area contributed by atoms with Gasteiger partial charge in [-0.1, -0.05) is 30.5 Å². The Morgan fingerprint density at radius 3 is 2.29 bits per heavy atom. The third-order valence-corrected chi connectivity index (χ3v) is 4.07. The zero-order valence-corrected chi connectivity index (χ0v) is 13.6. The molecule has 116 valence electrons. The van der Waals surface area contributed by atoms with Gasteiger partial charge in [0.1, 0.15) is 0 Å². The van der Waals surface area contributed by atoms with E-state index >= 15 is 0 Å². The average molecular weight is 288 g/mol. The molecule has 0 amide bonds. The van der Waals surface area contributed by atoms with Gasteiger partial charge in [-0.05, 0) is 44.7 Å². The zero-order valence-electron chi connectivity index (χ0n) is 13.6. The third-order valence-electron chi connectivity index (χ3n) is 4.07. The van der Waals surface area contributed by atoms with Crippen molar-refractivity contribution in [3.63, 3.8) is 0 Å². The lowest BCUT2D eigenvalue weighted by Crippen LogP contribution is -2.26. The van der Waals surface area contributed by atoms with Crippen LogP contribution in [0, 0.1) is 20.8 Å². The van der Waals surface area contributed by atoms with Gasteiger partial charge in [0, 0.05) is 31.2 Å². The summed E-state index contributed by atoms with van der Waals surface area (Å²) in [4.78, 5) is 4.72. The van der Waals surface area contributed by atoms with E-state index in [4.69, 9.17) is 5.11 Å². The van der Waals surface area contributed by atoms with Crippen molar-refractivity contribution in [3.05, 3.63) is 41.2 Å². The number of rotatable bonds is 7. The second kappa shape index (κ2) is 7.51. The number of unbranched alkanes of at least 4 members (excludes halogenated alkanes) is 3. The van der Waals surface area contributed by atoms with E-state index in [1.165, 1.54) is 35.2 Å². The molecule has 1 aliphatic heterocycles. The first-order chi connectivity index (χ1) is 10.1. The molecule has 0 aromatic heterocycles. The molecule has 0 aliphatic carbocycles. The number of aliphatic hydroxyl groups is 1. The molecule has 21 heavy (non-hydrogen) atoms. The van der Waals surface area contributed by atoms with Crippen molar-refractivity contribution in [2.45, 2.75) is 46.5 Å². The summed E-state index contributed by atoms with van der Waals surface area (Å²) in [6.07, 6.45) is 8.86. The lowest BCUT2D eigenvalue weighted by molar-refractivity contribution is 0.280. The minimum absolute atomic E-state index is 0.323. The van der Waals surface area contributed by atoms with E-state index < -0.39 is 0 Å². The molecule has 0 radical (unpaired) electrons. The van der Waals surface area contributed by atoms with Crippen LogP contribution in [-0.2, 0) is 0 Å². The molecule has 3 nitrogen and oxygen atoms in total. The number of aryl methyl sites for hydroxylation is 3. The largest absolute Gasteiger partial charge is 0.396 e. The predicted octanol–water partition coefficient (Wildman–Crippen LogP) is 3.72. The van der Waals surface area contributed by atoms with Crippen molar-refractivity contribution in [3.8, 4) is 0 Å². The van der Waals surface area contributed by atoms with E-state index in [2.05, 4.69) is 55.1 Å². The van der Waals surface area contributed by atoms with Crippen molar-refractivity contribution in [1.82, 2.24) is 4.90 Å². The van der Waals surface area contributed by atoms with Gasteiger partial charge in [-0.15, -0.1) is 0 Å². The van der Waals surface area contributed by atoms with Gasteiger partial charge in [0.15, 0.2) is 0 Å². The van der Waals surface area contributed by atoms with E-state index in [0.29, 0.717) is 6.61 Å². The summed E-state index contributed by atoms with van der Waals surface area (Å²) < 4.78 is 0. The first-order valence-corrected chi connectivity index (χ1v) is 7.99. The van der Waals surface area contributed by atoms with Gasteiger partial charge in [-0.3, -0.25) is 0 Å². The van der Waals surface area contributed by atoms with Crippen LogP contribution in [0.5, 0.6) is 0 Å². The Morgan fingerprint density at radius 1 is 0.952 bits per heavy atom. The van der Waals surface area contributed by atoms with Crippen LogP contribution < -0.4 is 4.90 Å². The van der Waals surface area contributed by atoms with Crippen molar-refractivity contribution in [2.24, 2.45) is 0 Å². The van der Waals surface area contributed by atoms with Gasteiger partial charge in [-0.2, -0.15) is 0 Å². The standard InChI is InChI=1S/C18H28N2O/c1-15-12-16(2)18(17(3)13-15)20-10-9-19(14-20)8-6-4-5-7-11-21/h9-10,12-13,21H,4-8,11,14H2,1-3H3. The first kappa shape index (κ1) is 15.9. The van der Waals surface area contributed by atoms with E-state index in [-0.39, 0.29) is 0 Å². The van der Waals surface area contributed by atoms with Gasteiger partial charge < -0.3 is 14.9 Å². The molecule has 1 aliphatic rings. The van der Waals surface area contributed by atoms with Gasteiger partial charge in [0.05, 0.1) is 6.67 Å². The van der Waals surface area contributed by atoms with E-state index in [0.717, 1.165) is 26.1 Å². The van der Waals surface area contributed by atoms with E-state index in [1.54, 1.807) is 0 Å². The molecule has 0 fully saturated rings. The number of hydrogen-bond acceptors (Lipinski definition) is 3. The molecule has 1 heterocycles. The Morgan fingerprint density at radius 2 is 1.62 bits per heavy atom. The summed E-state index contributed by atoms with van der Waals surface area (Å²) in [6.45, 7) is 8.92. The normalized spacial score (nSPS) is 14.3. The lowest BCUT2D eigenvalue weighted by atomic mass is 10.0. The fourth-order valence-corrected chi connectivity index (χ4v) is 3.16. The monoisotopic (exact) mass is 288 g/mol. The molecule has 0 bridgehead atoms. The van der Waals surface area contributed by atoms with Crippen LogP contribution in [0.3, 0.4) is 0 Å². The molecule has 1 aromatic rings. The number of nitrogens with zero attached hydrogens (tertiary/aromatic N) is 2. The summed E-state index contributed by atoms with van der Waals surface area (Å²) >= 11 is 0. The summed E-state index contributed by atoms with van der Waals surface area (Å²) in [6, 6.07) is 4.52. The lowest BCUT2D eigenvalue weighted by Gasteiger charge is -2.24. The predicted molar refractivity (Wildman–Crippen MR) is 89.4 cm³/mol. The Balaban J connectivity index is 1.87. The second-order valence-corrected chi connectivity index (χ2v) is 6.11. The minimum atomic E-state index is 0.323. The van der Waals surface area contributed by atoms with Crippen LogP contribution in [0.15, 0.2) is 24.5 Å². The topological polar surface area (TPSA) is 26.7 Å². The first-order valence-electron chi connectivity index (χ1n) is 7.99. The Hall–Kier alpha value is -1.48. The zero-order chi connectivity index (χ0) is 15.2. The van der Waals surface area contributed by atoms with Crippen LogP contribution in [0.2, 0.25) is 0 Å². The van der Waals surface area contributed by atoms with Crippen LogP contribution in [-0.4, -0.2) is 29.8 Å². The molecular weight excluding hydrogens is 260 g/mol. The average Bonchev–Trinajstić information content (AvgIpc) is 2.86. The molecule has 2 rings (SSSR count).